The van der Waals surface area contributed by atoms with Crippen molar-refractivity contribution in [1.82, 2.24) is 10.4 Å². The van der Waals surface area contributed by atoms with E-state index in [2.05, 4.69) is 48.5 Å². The topological polar surface area (TPSA) is 50.9 Å². The van der Waals surface area contributed by atoms with E-state index in [1.165, 1.54) is 16.7 Å². The number of benzene rings is 1. The van der Waals surface area contributed by atoms with Crippen molar-refractivity contribution in [2.45, 2.75) is 26.8 Å². The van der Waals surface area contributed by atoms with Crippen LogP contribution < -0.4 is 11.3 Å². The van der Waals surface area contributed by atoms with Crippen LogP contribution >= 0.6 is 0 Å². The SMILES string of the molecule is Cc1ccc(C)c(C(NN)c2cccnc2C)c1. The van der Waals surface area contributed by atoms with Gasteiger partial charge in [-0.2, -0.15) is 0 Å². The first-order valence-corrected chi connectivity index (χ1v) is 6.08. The minimum Gasteiger partial charge on any atom is -0.271 e. The number of aromatic nitrogens is 1. The van der Waals surface area contributed by atoms with Gasteiger partial charge in [0.05, 0.1) is 6.04 Å². The summed E-state index contributed by atoms with van der Waals surface area (Å²) in [5, 5.41) is 0. The number of nitrogens with zero attached hydrogens (tertiary/aromatic N) is 1. The average Bonchev–Trinajstić information content (AvgIpc) is 2.36. The van der Waals surface area contributed by atoms with Gasteiger partial charge in [-0.15, -0.1) is 0 Å². The predicted octanol–water partition coefficient (Wildman–Crippen LogP) is 2.56. The third-order valence-electron chi connectivity index (χ3n) is 3.27. The summed E-state index contributed by atoms with van der Waals surface area (Å²) < 4.78 is 0. The van der Waals surface area contributed by atoms with Gasteiger partial charge < -0.3 is 0 Å². The quantitative estimate of drug-likeness (QED) is 0.641. The molecule has 0 aliphatic heterocycles. The zero-order valence-electron chi connectivity index (χ0n) is 11.1. The molecule has 0 spiro atoms. The lowest BCUT2D eigenvalue weighted by Gasteiger charge is -2.20. The third-order valence-corrected chi connectivity index (χ3v) is 3.27. The second kappa shape index (κ2) is 5.29. The van der Waals surface area contributed by atoms with E-state index in [1.807, 2.05) is 13.0 Å². The molecule has 18 heavy (non-hydrogen) atoms. The van der Waals surface area contributed by atoms with E-state index >= 15 is 0 Å². The van der Waals surface area contributed by atoms with Crippen LogP contribution in [0.1, 0.15) is 34.0 Å². The van der Waals surface area contributed by atoms with E-state index in [0.29, 0.717) is 0 Å². The van der Waals surface area contributed by atoms with Gasteiger partial charge in [0, 0.05) is 11.9 Å². The second-order valence-corrected chi connectivity index (χ2v) is 4.64. The van der Waals surface area contributed by atoms with Gasteiger partial charge in [0.15, 0.2) is 0 Å². The molecule has 94 valence electrons. The summed E-state index contributed by atoms with van der Waals surface area (Å²) in [5.41, 5.74) is 8.69. The average molecular weight is 241 g/mol. The highest BCUT2D eigenvalue weighted by Crippen LogP contribution is 2.26. The van der Waals surface area contributed by atoms with Crippen molar-refractivity contribution in [2.75, 3.05) is 0 Å². The molecule has 0 amide bonds. The van der Waals surface area contributed by atoms with E-state index in [1.54, 1.807) is 6.20 Å². The summed E-state index contributed by atoms with van der Waals surface area (Å²) in [6.45, 7) is 6.20. The van der Waals surface area contributed by atoms with Crippen LogP contribution in [0, 0.1) is 20.8 Å². The van der Waals surface area contributed by atoms with Gasteiger partial charge in [0.2, 0.25) is 0 Å². The summed E-state index contributed by atoms with van der Waals surface area (Å²) in [6.07, 6.45) is 1.80. The minimum absolute atomic E-state index is 0.0152. The van der Waals surface area contributed by atoms with Crippen molar-refractivity contribution in [3.8, 4) is 0 Å². The Hall–Kier alpha value is -1.71. The number of hydrogen-bond acceptors (Lipinski definition) is 3. The zero-order valence-corrected chi connectivity index (χ0v) is 11.1. The molecule has 0 aliphatic carbocycles. The van der Waals surface area contributed by atoms with Crippen molar-refractivity contribution < 1.29 is 0 Å². The molecule has 0 aliphatic rings. The molecular weight excluding hydrogens is 222 g/mol. The summed E-state index contributed by atoms with van der Waals surface area (Å²) in [5.74, 6) is 5.75. The van der Waals surface area contributed by atoms with E-state index in [9.17, 15) is 0 Å². The van der Waals surface area contributed by atoms with Gasteiger partial charge in [-0.25, -0.2) is 5.43 Å². The third kappa shape index (κ3) is 2.42. The van der Waals surface area contributed by atoms with Crippen LogP contribution in [0.5, 0.6) is 0 Å². The summed E-state index contributed by atoms with van der Waals surface area (Å²) in [4.78, 5) is 4.33. The molecule has 2 rings (SSSR count). The molecule has 1 aromatic heterocycles. The maximum atomic E-state index is 5.75. The molecular formula is C15H19N3. The standard InChI is InChI=1S/C15H19N3/c1-10-6-7-11(2)14(9-10)15(18-16)13-5-4-8-17-12(13)3/h4-9,15,18H,16H2,1-3H3. The lowest BCUT2D eigenvalue weighted by atomic mass is 9.93. The Kier molecular flexibility index (Phi) is 3.75. The predicted molar refractivity (Wildman–Crippen MR) is 74.1 cm³/mol. The number of hydrazine groups is 1. The zero-order chi connectivity index (χ0) is 13.1. The van der Waals surface area contributed by atoms with Gasteiger partial charge in [0.1, 0.15) is 0 Å². The number of nitrogens with one attached hydrogen (secondary N) is 1. The Labute approximate surface area is 108 Å². The number of rotatable bonds is 3. The largest absolute Gasteiger partial charge is 0.271 e. The first-order chi connectivity index (χ1) is 8.63. The highest BCUT2D eigenvalue weighted by Gasteiger charge is 2.16. The molecule has 3 nitrogen and oxygen atoms in total. The Bertz CT molecular complexity index is 549. The second-order valence-electron chi connectivity index (χ2n) is 4.64. The van der Waals surface area contributed by atoms with Crippen molar-refractivity contribution in [3.05, 3.63) is 64.5 Å². The van der Waals surface area contributed by atoms with Gasteiger partial charge in [0.25, 0.3) is 0 Å². The fourth-order valence-electron chi connectivity index (χ4n) is 2.22. The molecule has 0 radical (unpaired) electrons. The van der Waals surface area contributed by atoms with Crippen molar-refractivity contribution >= 4 is 0 Å². The van der Waals surface area contributed by atoms with Crippen molar-refractivity contribution in [3.63, 3.8) is 0 Å². The first kappa shape index (κ1) is 12.7. The summed E-state index contributed by atoms with van der Waals surface area (Å²) in [7, 11) is 0. The molecule has 3 N–H and O–H groups in total. The number of nitrogens with two attached hydrogens (primary N) is 1. The molecule has 1 atom stereocenters. The van der Waals surface area contributed by atoms with Crippen LogP contribution in [-0.2, 0) is 0 Å². The van der Waals surface area contributed by atoms with Crippen LogP contribution in [-0.4, -0.2) is 4.98 Å². The highest BCUT2D eigenvalue weighted by atomic mass is 15.2. The number of hydrogen-bond donors (Lipinski definition) is 2. The minimum atomic E-state index is -0.0152. The lowest BCUT2D eigenvalue weighted by molar-refractivity contribution is 0.627. The summed E-state index contributed by atoms with van der Waals surface area (Å²) >= 11 is 0. The van der Waals surface area contributed by atoms with Crippen LogP contribution in [0.3, 0.4) is 0 Å². The molecule has 2 aromatic rings. The lowest BCUT2D eigenvalue weighted by Crippen LogP contribution is -2.30. The van der Waals surface area contributed by atoms with Crippen LogP contribution in [0.15, 0.2) is 36.5 Å². The maximum absolute atomic E-state index is 5.75. The van der Waals surface area contributed by atoms with Crippen molar-refractivity contribution in [1.29, 1.82) is 0 Å². The molecule has 1 unspecified atom stereocenters. The molecule has 1 aromatic carbocycles. The molecule has 3 heteroatoms. The molecule has 1 heterocycles. The van der Waals surface area contributed by atoms with Crippen molar-refractivity contribution in [2.24, 2.45) is 5.84 Å². The van der Waals surface area contributed by atoms with Gasteiger partial charge >= 0.3 is 0 Å². The number of pyridine rings is 1. The van der Waals surface area contributed by atoms with Crippen LogP contribution in [0.2, 0.25) is 0 Å². The Morgan fingerprint density at radius 2 is 1.89 bits per heavy atom. The molecule has 0 bridgehead atoms. The Morgan fingerprint density at radius 3 is 2.56 bits per heavy atom. The summed E-state index contributed by atoms with van der Waals surface area (Å²) in [6, 6.07) is 10.4. The monoisotopic (exact) mass is 241 g/mol. The Morgan fingerprint density at radius 1 is 1.11 bits per heavy atom. The van der Waals surface area contributed by atoms with Gasteiger partial charge in [-0.1, -0.05) is 29.8 Å². The highest BCUT2D eigenvalue weighted by molar-refractivity contribution is 5.40. The molecule has 0 fully saturated rings. The Balaban J connectivity index is 2.52. The maximum Gasteiger partial charge on any atom is 0.0730 e. The fourth-order valence-corrected chi connectivity index (χ4v) is 2.22. The van der Waals surface area contributed by atoms with E-state index in [4.69, 9.17) is 5.84 Å². The van der Waals surface area contributed by atoms with E-state index in [-0.39, 0.29) is 6.04 Å². The fraction of sp³-hybridized carbons (Fsp3) is 0.267. The van der Waals surface area contributed by atoms with Gasteiger partial charge in [-0.05, 0) is 43.5 Å². The molecule has 0 saturated heterocycles. The van der Waals surface area contributed by atoms with Gasteiger partial charge in [-0.3, -0.25) is 10.8 Å². The van der Waals surface area contributed by atoms with E-state index < -0.39 is 0 Å². The number of aryl methyl sites for hydroxylation is 3. The van der Waals surface area contributed by atoms with Crippen LogP contribution in [0.25, 0.3) is 0 Å². The van der Waals surface area contributed by atoms with Crippen LogP contribution in [0.4, 0.5) is 0 Å². The first-order valence-electron chi connectivity index (χ1n) is 6.08. The molecule has 0 saturated carbocycles. The normalized spacial score (nSPS) is 12.4. The smallest absolute Gasteiger partial charge is 0.0730 e. The van der Waals surface area contributed by atoms with E-state index in [0.717, 1.165) is 11.3 Å².